The maximum Gasteiger partial charge on any atom is 0.269 e. The van der Waals surface area contributed by atoms with Gasteiger partial charge in [-0.15, -0.1) is 0 Å². The molecule has 0 spiro atoms. The van der Waals surface area contributed by atoms with Crippen molar-refractivity contribution in [2.24, 2.45) is 0 Å². The van der Waals surface area contributed by atoms with Crippen molar-refractivity contribution in [1.29, 1.82) is 0 Å². The Morgan fingerprint density at radius 3 is 1.06 bits per heavy atom. The molecule has 53 heavy (non-hydrogen) atoms. The van der Waals surface area contributed by atoms with Gasteiger partial charge in [-0.2, -0.15) is 0 Å². The summed E-state index contributed by atoms with van der Waals surface area (Å²) < 4.78 is 0. The van der Waals surface area contributed by atoms with E-state index in [0.29, 0.717) is 33.6 Å². The highest BCUT2D eigenvalue weighted by atomic mass is 32.2. The van der Waals surface area contributed by atoms with E-state index in [9.17, 15) is 39.4 Å². The number of imide groups is 2. The van der Waals surface area contributed by atoms with E-state index in [-0.39, 0.29) is 33.6 Å². The summed E-state index contributed by atoms with van der Waals surface area (Å²) in [5.74, 6) is -1.85. The normalized spacial score (nSPS) is 13.4. The minimum absolute atomic E-state index is 0.0494. The Morgan fingerprint density at radius 1 is 0.396 bits per heavy atom. The number of benzene rings is 6. The van der Waals surface area contributed by atoms with Gasteiger partial charge in [0.25, 0.3) is 35.0 Å². The number of nitrogens with zero attached hydrogens (tertiary/aromatic N) is 4. The predicted octanol–water partition coefficient (Wildman–Crippen LogP) is 8.59. The molecule has 2 aliphatic heterocycles. The summed E-state index contributed by atoms with van der Waals surface area (Å²) in [6.07, 6.45) is 0. The summed E-state index contributed by atoms with van der Waals surface area (Å²) in [5, 5.41) is 22.0. The van der Waals surface area contributed by atoms with Crippen molar-refractivity contribution in [2.45, 2.75) is 9.79 Å². The Kier molecular flexibility index (Phi) is 7.96. The van der Waals surface area contributed by atoms with E-state index in [4.69, 9.17) is 0 Å². The van der Waals surface area contributed by atoms with Gasteiger partial charge in [0.1, 0.15) is 0 Å². The Hall–Kier alpha value is -7.25. The van der Waals surface area contributed by atoms with Crippen molar-refractivity contribution in [3.63, 3.8) is 0 Å². The number of nitro benzene ring substituents is 2. The highest BCUT2D eigenvalue weighted by Gasteiger charge is 2.38. The fourth-order valence-corrected chi connectivity index (χ4v) is 7.14. The molecular weight excluding hydrogens is 697 g/mol. The van der Waals surface area contributed by atoms with Crippen molar-refractivity contribution in [2.75, 3.05) is 9.80 Å². The molecule has 0 saturated carbocycles. The van der Waals surface area contributed by atoms with E-state index in [0.717, 1.165) is 19.6 Å². The fourth-order valence-electron chi connectivity index (χ4n) is 6.32. The lowest BCUT2D eigenvalue weighted by molar-refractivity contribution is -0.385. The van der Waals surface area contributed by atoms with Crippen LogP contribution in [0.1, 0.15) is 41.4 Å². The number of carbonyl (C=O) groups is 4. The molecule has 8 rings (SSSR count). The van der Waals surface area contributed by atoms with Gasteiger partial charge < -0.3 is 0 Å². The van der Waals surface area contributed by atoms with Crippen molar-refractivity contribution in [1.82, 2.24) is 0 Å². The molecule has 13 heteroatoms. The van der Waals surface area contributed by atoms with E-state index in [1.54, 1.807) is 109 Å². The van der Waals surface area contributed by atoms with Gasteiger partial charge in [0.15, 0.2) is 0 Å². The maximum atomic E-state index is 13.4. The lowest BCUT2D eigenvalue weighted by atomic mass is 10.00. The van der Waals surface area contributed by atoms with Gasteiger partial charge in [-0.25, -0.2) is 9.80 Å². The zero-order valence-electron chi connectivity index (χ0n) is 27.2. The molecule has 0 fully saturated rings. The summed E-state index contributed by atoms with van der Waals surface area (Å²) in [7, 11) is 0. The summed E-state index contributed by atoms with van der Waals surface area (Å²) in [6, 6.07) is 35.6. The monoisotopic (exact) mass is 718 g/mol. The van der Waals surface area contributed by atoms with Crippen LogP contribution in [0.2, 0.25) is 0 Å². The summed E-state index contributed by atoms with van der Waals surface area (Å²) in [6.45, 7) is 0. The number of rotatable bonds is 8. The minimum atomic E-state index is -0.489. The first kappa shape index (κ1) is 32.9. The molecule has 0 bridgehead atoms. The molecule has 0 atom stereocenters. The summed E-state index contributed by atoms with van der Waals surface area (Å²) in [4.78, 5) is 78.3. The zero-order valence-corrected chi connectivity index (χ0v) is 28.0. The van der Waals surface area contributed by atoms with Crippen LogP contribution in [0.25, 0.3) is 22.3 Å². The van der Waals surface area contributed by atoms with E-state index >= 15 is 0 Å². The Labute approximate surface area is 304 Å². The summed E-state index contributed by atoms with van der Waals surface area (Å²) in [5.41, 5.74) is 4.36. The lowest BCUT2D eigenvalue weighted by Gasteiger charge is -2.15. The molecule has 0 saturated heterocycles. The summed E-state index contributed by atoms with van der Waals surface area (Å²) >= 11 is 1.41. The van der Waals surface area contributed by atoms with Crippen LogP contribution in [0.4, 0.5) is 22.7 Å². The third-order valence-electron chi connectivity index (χ3n) is 9.02. The quantitative estimate of drug-likeness (QED) is 0.0852. The second-order valence-electron chi connectivity index (χ2n) is 12.1. The first-order chi connectivity index (χ1) is 25.6. The molecule has 12 nitrogen and oxygen atoms in total. The van der Waals surface area contributed by atoms with Gasteiger partial charge in [-0.1, -0.05) is 23.9 Å². The number of non-ortho nitro benzene ring substituents is 2. The van der Waals surface area contributed by atoms with E-state index < -0.39 is 33.5 Å². The second-order valence-corrected chi connectivity index (χ2v) is 13.3. The smallest absolute Gasteiger partial charge is 0.268 e. The molecule has 0 aliphatic carbocycles. The van der Waals surface area contributed by atoms with Gasteiger partial charge in [0.2, 0.25) is 0 Å². The molecule has 0 radical (unpaired) electrons. The highest BCUT2D eigenvalue weighted by molar-refractivity contribution is 7.99. The van der Waals surface area contributed by atoms with Crippen LogP contribution in [0.3, 0.4) is 0 Å². The van der Waals surface area contributed by atoms with Crippen LogP contribution in [0.15, 0.2) is 143 Å². The number of fused-ring (bicyclic) bond motifs is 2. The first-order valence-electron chi connectivity index (χ1n) is 16.0. The third-order valence-corrected chi connectivity index (χ3v) is 10.0. The predicted molar refractivity (Wildman–Crippen MR) is 196 cm³/mol. The van der Waals surface area contributed by atoms with Gasteiger partial charge in [-0.3, -0.25) is 39.4 Å². The maximum absolute atomic E-state index is 13.4. The molecular formula is C40H22N4O8S. The Morgan fingerprint density at radius 2 is 0.717 bits per heavy atom. The van der Waals surface area contributed by atoms with Crippen molar-refractivity contribution >= 4 is 58.1 Å². The molecule has 2 heterocycles. The van der Waals surface area contributed by atoms with Crippen LogP contribution in [-0.2, 0) is 0 Å². The van der Waals surface area contributed by atoms with Crippen molar-refractivity contribution in [3.05, 3.63) is 176 Å². The number of nitro groups is 2. The van der Waals surface area contributed by atoms with Gasteiger partial charge in [-0.05, 0) is 119 Å². The lowest BCUT2D eigenvalue weighted by Crippen LogP contribution is -2.29. The molecule has 256 valence electrons. The number of amides is 4. The zero-order chi connectivity index (χ0) is 37.0. The first-order valence-corrected chi connectivity index (χ1v) is 16.8. The minimum Gasteiger partial charge on any atom is -0.268 e. The van der Waals surface area contributed by atoms with Crippen molar-refractivity contribution in [3.8, 4) is 22.3 Å². The van der Waals surface area contributed by atoms with Crippen LogP contribution < -0.4 is 9.80 Å². The van der Waals surface area contributed by atoms with Gasteiger partial charge in [0.05, 0.1) is 43.5 Å². The van der Waals surface area contributed by atoms with Gasteiger partial charge >= 0.3 is 0 Å². The standard InChI is InChI=1S/C40H22N4O8S/c45-37-33-19-5-25(23-1-7-29(8-2-23)43(49)50)21-35(33)39(47)41(37)27-11-15-31(16-12-27)53-32-17-13-28(14-18-32)42-38(46)34-20-6-26(22-36(34)40(42)48)24-3-9-30(10-4-24)44(51)52/h1-22H. The fraction of sp³-hybridized carbons (Fsp3) is 0. The van der Waals surface area contributed by atoms with Crippen LogP contribution >= 0.6 is 11.8 Å². The Balaban J connectivity index is 0.948. The SMILES string of the molecule is O=C1c2ccc(-c3ccc([N+](=O)[O-])cc3)cc2C(=O)N1c1ccc(Sc2ccc(N3C(=O)c4ccc(-c5ccc([N+](=O)[O-])cc5)cc4C3=O)cc2)cc1. The molecule has 6 aromatic rings. The van der Waals surface area contributed by atoms with Crippen molar-refractivity contribution < 1.29 is 29.0 Å². The Bertz CT molecular complexity index is 2380. The average Bonchev–Trinajstić information content (AvgIpc) is 3.58. The molecule has 2 aliphatic rings. The number of carbonyl (C=O) groups excluding carboxylic acids is 4. The molecule has 0 aromatic heterocycles. The largest absolute Gasteiger partial charge is 0.269 e. The second kappa shape index (κ2) is 12.8. The molecule has 0 N–H and O–H groups in total. The average molecular weight is 719 g/mol. The van der Waals surface area contributed by atoms with Crippen LogP contribution in [0, 0.1) is 20.2 Å². The topological polar surface area (TPSA) is 161 Å². The van der Waals surface area contributed by atoms with E-state index in [2.05, 4.69) is 0 Å². The molecule has 4 amide bonds. The van der Waals surface area contributed by atoms with Crippen LogP contribution in [0.5, 0.6) is 0 Å². The number of hydrogen-bond donors (Lipinski definition) is 0. The van der Waals surface area contributed by atoms with Gasteiger partial charge in [0, 0.05) is 34.1 Å². The van der Waals surface area contributed by atoms with Crippen LogP contribution in [-0.4, -0.2) is 33.5 Å². The third kappa shape index (κ3) is 5.80. The number of anilines is 2. The number of hydrogen-bond acceptors (Lipinski definition) is 9. The highest BCUT2D eigenvalue weighted by Crippen LogP contribution is 2.37. The van der Waals surface area contributed by atoms with E-state index in [1.165, 1.54) is 36.0 Å². The van der Waals surface area contributed by atoms with E-state index in [1.807, 2.05) is 0 Å². The molecule has 0 unspecified atom stereocenters. The molecule has 6 aromatic carbocycles.